The summed E-state index contributed by atoms with van der Waals surface area (Å²) in [6, 6.07) is 0. The van der Waals surface area contributed by atoms with Crippen molar-refractivity contribution in [2.24, 2.45) is 0 Å². The van der Waals surface area contributed by atoms with Crippen molar-refractivity contribution in [3.63, 3.8) is 0 Å². The van der Waals surface area contributed by atoms with E-state index >= 15 is 0 Å². The number of likely N-dealkylation sites (tertiary alicyclic amines) is 1. The zero-order valence-electron chi connectivity index (χ0n) is 13.8. The zero-order valence-corrected chi connectivity index (χ0v) is 13.8. The highest BCUT2D eigenvalue weighted by atomic mass is 16.5. The van der Waals surface area contributed by atoms with E-state index < -0.39 is 6.10 Å². The molecule has 0 aliphatic carbocycles. The monoisotopic (exact) mass is 333 g/mol. The highest BCUT2D eigenvalue weighted by molar-refractivity contribution is 5.26. The third kappa shape index (κ3) is 3.04. The van der Waals surface area contributed by atoms with Crippen molar-refractivity contribution in [3.8, 4) is 5.75 Å². The number of aliphatic hydroxyl groups excluding tert-OH is 1. The van der Waals surface area contributed by atoms with Crippen LogP contribution >= 0.6 is 0 Å². The molecule has 2 aromatic heterocycles. The van der Waals surface area contributed by atoms with Gasteiger partial charge in [0.2, 0.25) is 0 Å². The molecule has 2 aliphatic heterocycles. The number of fused-ring (bicyclic) bond motifs is 1. The maximum Gasteiger partial charge on any atom is 0.157 e. The van der Waals surface area contributed by atoms with E-state index in [9.17, 15) is 5.11 Å². The topological polar surface area (TPSA) is 88.4 Å². The number of β-amino-alcohol motifs (C(OH)–C–C–N with tert-alkyl or cyclic N) is 1. The number of nitrogens with one attached hydrogen (secondary N) is 1. The minimum Gasteiger partial charge on any atom is -0.483 e. The molecule has 0 amide bonds. The van der Waals surface area contributed by atoms with Gasteiger partial charge >= 0.3 is 0 Å². The predicted molar refractivity (Wildman–Crippen MR) is 85.5 cm³/mol. The Morgan fingerprint density at radius 2 is 2.38 bits per heavy atom. The van der Waals surface area contributed by atoms with Gasteiger partial charge < -0.3 is 14.6 Å². The Hall–Kier alpha value is -1.90. The van der Waals surface area contributed by atoms with E-state index in [1.807, 2.05) is 17.8 Å². The molecule has 4 rings (SSSR count). The summed E-state index contributed by atoms with van der Waals surface area (Å²) < 4.78 is 13.2. The number of aromatic nitrogens is 4. The lowest BCUT2D eigenvalue weighted by atomic mass is 10.1. The molecule has 2 aliphatic rings. The van der Waals surface area contributed by atoms with Crippen LogP contribution in [0.2, 0.25) is 0 Å². The molecule has 0 saturated carbocycles. The van der Waals surface area contributed by atoms with Gasteiger partial charge in [0.15, 0.2) is 5.75 Å². The van der Waals surface area contributed by atoms with Crippen LogP contribution in [0, 0.1) is 0 Å². The first-order valence-corrected chi connectivity index (χ1v) is 8.45. The normalized spacial score (nSPS) is 24.2. The highest BCUT2D eigenvalue weighted by Crippen LogP contribution is 2.23. The molecule has 1 saturated heterocycles. The Balaban J connectivity index is 1.39. The van der Waals surface area contributed by atoms with Gasteiger partial charge in [-0.25, -0.2) is 0 Å². The number of aliphatic hydroxyl groups is 1. The number of hydrogen-bond donors (Lipinski definition) is 2. The van der Waals surface area contributed by atoms with Crippen LogP contribution in [0.5, 0.6) is 5.75 Å². The Morgan fingerprint density at radius 3 is 3.21 bits per heavy atom. The Labute approximate surface area is 140 Å². The number of aryl methyl sites for hydroxylation is 1. The van der Waals surface area contributed by atoms with Crippen LogP contribution in [0.1, 0.15) is 23.9 Å². The van der Waals surface area contributed by atoms with Gasteiger partial charge in [0.05, 0.1) is 31.3 Å². The van der Waals surface area contributed by atoms with Crippen molar-refractivity contribution < 1.29 is 14.6 Å². The van der Waals surface area contributed by atoms with E-state index in [1.54, 1.807) is 6.20 Å². The SMILES string of the molecule is CCn1cc(O[C@@H]2CN(Cc3n[nH]c4c3COCC4)C[C@H]2O)cn1. The van der Waals surface area contributed by atoms with E-state index in [-0.39, 0.29) is 6.10 Å². The summed E-state index contributed by atoms with van der Waals surface area (Å²) in [7, 11) is 0. The smallest absolute Gasteiger partial charge is 0.157 e. The van der Waals surface area contributed by atoms with Crippen molar-refractivity contribution >= 4 is 0 Å². The molecule has 2 N–H and O–H groups in total. The summed E-state index contributed by atoms with van der Waals surface area (Å²) in [6.45, 7) is 6.13. The molecule has 4 heterocycles. The second kappa shape index (κ2) is 6.54. The standard InChI is InChI=1S/C16H23N5O3/c1-2-21-6-11(5-17-21)24-16-9-20(8-15(16)22)7-14-12-10-23-4-3-13(12)18-19-14/h5-6,15-16,22H,2-4,7-10H2,1H3,(H,18,19)/t15-,16-/m1/s1. The molecule has 24 heavy (non-hydrogen) atoms. The Bertz CT molecular complexity index is 698. The lowest BCUT2D eigenvalue weighted by molar-refractivity contribution is 0.0736. The van der Waals surface area contributed by atoms with Crippen LogP contribution in [0.4, 0.5) is 0 Å². The summed E-state index contributed by atoms with van der Waals surface area (Å²) in [6.07, 6.45) is 3.68. The van der Waals surface area contributed by atoms with E-state index in [4.69, 9.17) is 9.47 Å². The molecular weight excluding hydrogens is 310 g/mol. The van der Waals surface area contributed by atoms with E-state index in [0.717, 1.165) is 25.3 Å². The number of rotatable bonds is 5. The molecule has 0 aromatic carbocycles. The lowest BCUT2D eigenvalue weighted by Gasteiger charge is -2.17. The quantitative estimate of drug-likeness (QED) is 0.819. The lowest BCUT2D eigenvalue weighted by Crippen LogP contribution is -2.29. The van der Waals surface area contributed by atoms with Gasteiger partial charge in [0.25, 0.3) is 0 Å². The molecule has 1 fully saturated rings. The van der Waals surface area contributed by atoms with Crippen molar-refractivity contribution in [1.29, 1.82) is 0 Å². The first kappa shape index (κ1) is 15.6. The predicted octanol–water partition coefficient (Wildman–Crippen LogP) is 0.323. The van der Waals surface area contributed by atoms with Gasteiger partial charge in [-0.05, 0) is 6.92 Å². The minimum atomic E-state index is -0.513. The van der Waals surface area contributed by atoms with Gasteiger partial charge in [-0.3, -0.25) is 14.7 Å². The number of hydrogen-bond acceptors (Lipinski definition) is 6. The summed E-state index contributed by atoms with van der Waals surface area (Å²) >= 11 is 0. The molecule has 0 radical (unpaired) electrons. The van der Waals surface area contributed by atoms with Crippen LogP contribution < -0.4 is 4.74 Å². The first-order chi connectivity index (χ1) is 11.7. The van der Waals surface area contributed by atoms with Gasteiger partial charge in [0.1, 0.15) is 12.2 Å². The van der Waals surface area contributed by atoms with Gasteiger partial charge in [-0.1, -0.05) is 0 Å². The zero-order chi connectivity index (χ0) is 16.5. The molecule has 0 bridgehead atoms. The molecular formula is C16H23N5O3. The number of ether oxygens (including phenoxy) is 2. The van der Waals surface area contributed by atoms with Crippen LogP contribution in [0.15, 0.2) is 12.4 Å². The van der Waals surface area contributed by atoms with Crippen molar-refractivity contribution in [1.82, 2.24) is 24.9 Å². The maximum absolute atomic E-state index is 10.3. The molecule has 2 aromatic rings. The largest absolute Gasteiger partial charge is 0.483 e. The summed E-state index contributed by atoms with van der Waals surface area (Å²) in [5, 5.41) is 22.0. The van der Waals surface area contributed by atoms with Crippen LogP contribution in [0.25, 0.3) is 0 Å². The van der Waals surface area contributed by atoms with Crippen LogP contribution in [0.3, 0.4) is 0 Å². The third-order valence-corrected chi connectivity index (χ3v) is 4.69. The van der Waals surface area contributed by atoms with Crippen LogP contribution in [-0.4, -0.2) is 61.9 Å². The Morgan fingerprint density at radius 1 is 1.46 bits per heavy atom. The molecule has 8 nitrogen and oxygen atoms in total. The fourth-order valence-electron chi connectivity index (χ4n) is 3.34. The first-order valence-electron chi connectivity index (χ1n) is 8.45. The van der Waals surface area contributed by atoms with Crippen molar-refractivity contribution in [3.05, 3.63) is 29.3 Å². The summed E-state index contributed by atoms with van der Waals surface area (Å²) in [5.41, 5.74) is 3.36. The van der Waals surface area contributed by atoms with E-state index in [1.165, 1.54) is 11.3 Å². The number of nitrogens with zero attached hydrogens (tertiary/aromatic N) is 4. The van der Waals surface area contributed by atoms with Gasteiger partial charge in [-0.2, -0.15) is 10.2 Å². The fraction of sp³-hybridized carbons (Fsp3) is 0.625. The second-order valence-corrected chi connectivity index (χ2v) is 6.38. The summed E-state index contributed by atoms with van der Waals surface area (Å²) in [4.78, 5) is 2.17. The fourth-order valence-corrected chi connectivity index (χ4v) is 3.34. The van der Waals surface area contributed by atoms with Crippen molar-refractivity contribution in [2.75, 3.05) is 19.7 Å². The van der Waals surface area contributed by atoms with Crippen LogP contribution in [-0.2, 0) is 30.9 Å². The molecule has 0 spiro atoms. The van der Waals surface area contributed by atoms with Crippen molar-refractivity contribution in [2.45, 2.75) is 45.2 Å². The third-order valence-electron chi connectivity index (χ3n) is 4.69. The average molecular weight is 333 g/mol. The highest BCUT2D eigenvalue weighted by Gasteiger charge is 2.34. The van der Waals surface area contributed by atoms with E-state index in [2.05, 4.69) is 20.2 Å². The minimum absolute atomic E-state index is 0.245. The molecule has 8 heteroatoms. The maximum atomic E-state index is 10.3. The average Bonchev–Trinajstić information content (AvgIpc) is 3.29. The van der Waals surface area contributed by atoms with E-state index in [0.29, 0.717) is 32.0 Å². The Kier molecular flexibility index (Phi) is 4.26. The van der Waals surface area contributed by atoms with Gasteiger partial charge in [-0.15, -0.1) is 0 Å². The molecule has 2 atom stereocenters. The molecule has 130 valence electrons. The number of aromatic amines is 1. The second-order valence-electron chi connectivity index (χ2n) is 6.38. The summed E-state index contributed by atoms with van der Waals surface area (Å²) in [5.74, 6) is 0.702. The number of H-pyrrole nitrogens is 1. The van der Waals surface area contributed by atoms with Gasteiger partial charge in [0, 0.05) is 43.9 Å². The molecule has 0 unspecified atom stereocenters.